The molecule has 0 fully saturated rings. The normalized spacial score (nSPS) is 11.4. The lowest BCUT2D eigenvalue weighted by molar-refractivity contribution is 0.219. The molecular formula is C10H16FN3. The molecule has 1 rings (SSSR count). The molecule has 4 heteroatoms. The topological polar surface area (TPSA) is 40.7 Å². The molecule has 1 aromatic heterocycles. The van der Waals surface area contributed by atoms with Crippen molar-refractivity contribution in [2.45, 2.75) is 26.4 Å². The van der Waals surface area contributed by atoms with Crippen LogP contribution in [0.25, 0.3) is 5.70 Å². The smallest absolute Gasteiger partial charge is 0.122 e. The average molecular weight is 197 g/mol. The number of H-pyrrole nitrogens is 1. The Balaban J connectivity index is 2.52. The van der Waals surface area contributed by atoms with Crippen LogP contribution in [-0.4, -0.2) is 22.2 Å². The van der Waals surface area contributed by atoms with Crippen molar-refractivity contribution in [2.24, 2.45) is 0 Å². The van der Waals surface area contributed by atoms with Crippen LogP contribution in [0, 0.1) is 6.92 Å². The Kier molecular flexibility index (Phi) is 2.93. The molecule has 0 aliphatic heterocycles. The van der Waals surface area contributed by atoms with E-state index in [2.05, 4.69) is 21.9 Å². The van der Waals surface area contributed by atoms with Crippen molar-refractivity contribution >= 4 is 5.70 Å². The van der Waals surface area contributed by atoms with Gasteiger partial charge in [-0.1, -0.05) is 6.58 Å². The van der Waals surface area contributed by atoms with Gasteiger partial charge in [-0.15, -0.1) is 0 Å². The third-order valence-electron chi connectivity index (χ3n) is 1.75. The van der Waals surface area contributed by atoms with Gasteiger partial charge in [-0.2, -0.15) is 0 Å². The van der Waals surface area contributed by atoms with Gasteiger partial charge in [0.25, 0.3) is 0 Å². The molecule has 0 saturated heterocycles. The van der Waals surface area contributed by atoms with Crippen molar-refractivity contribution in [1.29, 1.82) is 0 Å². The van der Waals surface area contributed by atoms with Crippen LogP contribution in [0.5, 0.6) is 0 Å². The summed E-state index contributed by atoms with van der Waals surface area (Å²) in [7, 11) is 0. The van der Waals surface area contributed by atoms with E-state index in [1.54, 1.807) is 6.20 Å². The van der Waals surface area contributed by atoms with Crippen molar-refractivity contribution in [3.8, 4) is 0 Å². The van der Waals surface area contributed by atoms with Gasteiger partial charge < -0.3 is 10.3 Å². The molecule has 2 N–H and O–H groups in total. The number of aryl methyl sites for hydroxylation is 1. The largest absolute Gasteiger partial charge is 0.381 e. The van der Waals surface area contributed by atoms with Crippen molar-refractivity contribution in [1.82, 2.24) is 15.3 Å². The summed E-state index contributed by atoms with van der Waals surface area (Å²) in [4.78, 5) is 7.05. The van der Waals surface area contributed by atoms with Gasteiger partial charge in [0, 0.05) is 6.54 Å². The van der Waals surface area contributed by atoms with Gasteiger partial charge in [-0.05, 0) is 20.8 Å². The molecule has 0 saturated carbocycles. The molecule has 0 aromatic carbocycles. The highest BCUT2D eigenvalue weighted by molar-refractivity contribution is 5.57. The maximum atomic E-state index is 13.1. The van der Waals surface area contributed by atoms with Crippen LogP contribution in [0.2, 0.25) is 0 Å². The molecule has 0 atom stereocenters. The van der Waals surface area contributed by atoms with E-state index in [0.717, 1.165) is 11.5 Å². The minimum absolute atomic E-state index is 0.240. The predicted octanol–water partition coefficient (Wildman–Crippen LogP) is 2.03. The van der Waals surface area contributed by atoms with E-state index >= 15 is 0 Å². The molecule has 78 valence electrons. The van der Waals surface area contributed by atoms with Crippen molar-refractivity contribution in [3.63, 3.8) is 0 Å². The first kappa shape index (κ1) is 10.8. The van der Waals surface area contributed by atoms with Gasteiger partial charge in [0.1, 0.15) is 11.5 Å². The molecule has 0 amide bonds. The average Bonchev–Trinajstić information content (AvgIpc) is 2.46. The molecular weight excluding hydrogens is 181 g/mol. The molecule has 14 heavy (non-hydrogen) atoms. The maximum Gasteiger partial charge on any atom is 0.122 e. The zero-order valence-corrected chi connectivity index (χ0v) is 8.82. The van der Waals surface area contributed by atoms with E-state index in [0.29, 0.717) is 5.70 Å². The lowest BCUT2D eigenvalue weighted by atomic mass is 10.2. The first-order valence-corrected chi connectivity index (χ1v) is 4.52. The number of halogens is 1. The van der Waals surface area contributed by atoms with E-state index in [1.807, 2.05) is 6.92 Å². The molecule has 3 nitrogen and oxygen atoms in total. The number of aromatic nitrogens is 2. The third-order valence-corrected chi connectivity index (χ3v) is 1.75. The molecule has 0 aliphatic rings. The van der Waals surface area contributed by atoms with E-state index in [9.17, 15) is 4.39 Å². The van der Waals surface area contributed by atoms with Gasteiger partial charge in [0.05, 0.1) is 17.6 Å². The van der Waals surface area contributed by atoms with Gasteiger partial charge in [0.2, 0.25) is 0 Å². The fourth-order valence-electron chi connectivity index (χ4n) is 0.986. The standard InChI is InChI=1S/C10H16FN3/c1-7(13-6-10(3,4)11)9-5-12-8(2)14-9/h5,13H,1,6H2,2-4H3,(H,12,14). The van der Waals surface area contributed by atoms with E-state index in [-0.39, 0.29) is 6.54 Å². The number of hydrogen-bond acceptors (Lipinski definition) is 2. The minimum atomic E-state index is -1.24. The van der Waals surface area contributed by atoms with E-state index in [1.165, 1.54) is 13.8 Å². The number of imidazole rings is 1. The summed E-state index contributed by atoms with van der Waals surface area (Å²) in [6.07, 6.45) is 1.68. The lowest BCUT2D eigenvalue weighted by Gasteiger charge is -2.16. The van der Waals surface area contributed by atoms with Crippen LogP contribution in [0.1, 0.15) is 25.4 Å². The summed E-state index contributed by atoms with van der Waals surface area (Å²) >= 11 is 0. The Bertz CT molecular complexity index is 322. The van der Waals surface area contributed by atoms with Crippen molar-refractivity contribution in [3.05, 3.63) is 24.3 Å². The van der Waals surface area contributed by atoms with E-state index in [4.69, 9.17) is 0 Å². The van der Waals surface area contributed by atoms with Gasteiger partial charge in [-0.25, -0.2) is 9.37 Å². The lowest BCUT2D eigenvalue weighted by Crippen LogP contribution is -2.29. The van der Waals surface area contributed by atoms with E-state index < -0.39 is 5.67 Å². The summed E-state index contributed by atoms with van der Waals surface area (Å²) < 4.78 is 13.1. The van der Waals surface area contributed by atoms with Crippen LogP contribution < -0.4 is 5.32 Å². The summed E-state index contributed by atoms with van der Waals surface area (Å²) in [6.45, 7) is 8.93. The van der Waals surface area contributed by atoms with Crippen molar-refractivity contribution < 1.29 is 4.39 Å². The SMILES string of the molecule is C=C(NCC(C)(C)F)c1cnc(C)[nH]1. The minimum Gasteiger partial charge on any atom is -0.381 e. The van der Waals surface area contributed by atoms with Crippen LogP contribution in [-0.2, 0) is 0 Å². The fraction of sp³-hybridized carbons (Fsp3) is 0.500. The number of nitrogens with one attached hydrogen (secondary N) is 2. The Morgan fingerprint density at radius 2 is 2.36 bits per heavy atom. The Hall–Kier alpha value is -1.32. The number of aromatic amines is 1. The molecule has 0 unspecified atom stereocenters. The highest BCUT2D eigenvalue weighted by Crippen LogP contribution is 2.10. The monoisotopic (exact) mass is 197 g/mol. The van der Waals surface area contributed by atoms with Gasteiger partial charge in [-0.3, -0.25) is 0 Å². The maximum absolute atomic E-state index is 13.1. The fourth-order valence-corrected chi connectivity index (χ4v) is 0.986. The van der Waals surface area contributed by atoms with Gasteiger partial charge in [0.15, 0.2) is 0 Å². The second-order valence-electron chi connectivity index (χ2n) is 3.93. The quantitative estimate of drug-likeness (QED) is 0.775. The Labute approximate surface area is 83.4 Å². The molecule has 1 aromatic rings. The van der Waals surface area contributed by atoms with Crippen LogP contribution in [0.4, 0.5) is 4.39 Å². The first-order chi connectivity index (χ1) is 6.38. The summed E-state index contributed by atoms with van der Waals surface area (Å²) in [5.41, 5.74) is 0.223. The summed E-state index contributed by atoms with van der Waals surface area (Å²) in [5, 5.41) is 2.91. The molecule has 0 bridgehead atoms. The molecule has 0 spiro atoms. The summed E-state index contributed by atoms with van der Waals surface area (Å²) in [5.74, 6) is 0.822. The Morgan fingerprint density at radius 3 is 2.79 bits per heavy atom. The first-order valence-electron chi connectivity index (χ1n) is 4.52. The summed E-state index contributed by atoms with van der Waals surface area (Å²) in [6, 6.07) is 0. The van der Waals surface area contributed by atoms with Gasteiger partial charge >= 0.3 is 0 Å². The molecule has 0 aliphatic carbocycles. The number of rotatable bonds is 4. The molecule has 1 heterocycles. The number of nitrogens with zero attached hydrogens (tertiary/aromatic N) is 1. The zero-order valence-electron chi connectivity index (χ0n) is 8.82. The third kappa shape index (κ3) is 3.20. The van der Waals surface area contributed by atoms with Crippen LogP contribution >= 0.6 is 0 Å². The van der Waals surface area contributed by atoms with Crippen LogP contribution in [0.3, 0.4) is 0 Å². The zero-order chi connectivity index (χ0) is 10.8. The van der Waals surface area contributed by atoms with Crippen molar-refractivity contribution in [2.75, 3.05) is 6.54 Å². The Morgan fingerprint density at radius 1 is 1.71 bits per heavy atom. The highest BCUT2D eigenvalue weighted by atomic mass is 19.1. The van der Waals surface area contributed by atoms with Crippen LogP contribution in [0.15, 0.2) is 12.8 Å². The number of hydrogen-bond donors (Lipinski definition) is 2. The predicted molar refractivity (Wildman–Crippen MR) is 55.5 cm³/mol. The highest BCUT2D eigenvalue weighted by Gasteiger charge is 2.15. The number of alkyl halides is 1. The second kappa shape index (κ2) is 3.82. The molecule has 0 radical (unpaired) electrons. The second-order valence-corrected chi connectivity index (χ2v) is 3.93.